The molecule has 6 aromatic carbocycles. The minimum atomic E-state index is 1.05. The van der Waals surface area contributed by atoms with E-state index in [2.05, 4.69) is 137 Å². The van der Waals surface area contributed by atoms with E-state index in [9.17, 15) is 0 Å². The molecule has 0 aliphatic rings. The van der Waals surface area contributed by atoms with E-state index in [4.69, 9.17) is 0 Å². The van der Waals surface area contributed by atoms with Gasteiger partial charge < -0.3 is 0 Å². The predicted molar refractivity (Wildman–Crippen MR) is 175 cm³/mol. The topological polar surface area (TPSA) is 0 Å². The van der Waals surface area contributed by atoms with Gasteiger partial charge in [-0.05, 0) is 127 Å². The first-order chi connectivity index (χ1) is 19.6. The molecule has 0 aliphatic carbocycles. The van der Waals surface area contributed by atoms with Crippen LogP contribution in [0.15, 0.2) is 109 Å². The van der Waals surface area contributed by atoms with E-state index in [-0.39, 0.29) is 0 Å². The van der Waals surface area contributed by atoms with Gasteiger partial charge in [-0.1, -0.05) is 113 Å². The van der Waals surface area contributed by atoms with Gasteiger partial charge in [-0.15, -0.1) is 0 Å². The summed E-state index contributed by atoms with van der Waals surface area (Å²) in [5.41, 5.74) is 13.4. The second-order valence-corrected chi connectivity index (χ2v) is 11.0. The van der Waals surface area contributed by atoms with Crippen LogP contribution in [0.1, 0.15) is 49.9 Å². The maximum Gasteiger partial charge on any atom is -0.00928 e. The lowest BCUT2D eigenvalue weighted by atomic mass is 9.87. The first kappa shape index (κ1) is 26.1. The summed E-state index contributed by atoms with van der Waals surface area (Å²) in [7, 11) is 0. The van der Waals surface area contributed by atoms with Crippen molar-refractivity contribution in [1.29, 1.82) is 0 Å². The average molecular weight is 519 g/mol. The fourth-order valence-corrected chi connectivity index (χ4v) is 6.08. The van der Waals surface area contributed by atoms with Crippen molar-refractivity contribution in [3.63, 3.8) is 0 Å². The SMILES string of the molecule is CCc1cc(CC)cc(-c2cc(-c3cc(-c4cc(CC)cc(CC)c4)cc4ccccc34)c3ccccc3c2)c1. The zero-order valence-electron chi connectivity index (χ0n) is 24.2. The van der Waals surface area contributed by atoms with Crippen LogP contribution in [-0.4, -0.2) is 0 Å². The Morgan fingerprint density at radius 1 is 0.350 bits per heavy atom. The molecule has 0 atom stereocenters. The summed E-state index contributed by atoms with van der Waals surface area (Å²) in [6.07, 6.45) is 4.18. The van der Waals surface area contributed by atoms with Gasteiger partial charge in [0.2, 0.25) is 0 Å². The Labute approximate surface area is 239 Å². The smallest absolute Gasteiger partial charge is 0.00928 e. The third kappa shape index (κ3) is 4.95. The largest absolute Gasteiger partial charge is 0.0616 e. The van der Waals surface area contributed by atoms with Gasteiger partial charge in [0, 0.05) is 0 Å². The zero-order valence-corrected chi connectivity index (χ0v) is 24.2. The molecule has 0 fully saturated rings. The highest BCUT2D eigenvalue weighted by molar-refractivity contribution is 6.08. The van der Waals surface area contributed by atoms with Crippen molar-refractivity contribution in [2.75, 3.05) is 0 Å². The molecular weight excluding hydrogens is 480 g/mol. The minimum Gasteiger partial charge on any atom is -0.0616 e. The average Bonchev–Trinajstić information content (AvgIpc) is 3.03. The van der Waals surface area contributed by atoms with Crippen molar-refractivity contribution < 1.29 is 0 Å². The lowest BCUT2D eigenvalue weighted by Gasteiger charge is -2.17. The maximum atomic E-state index is 2.43. The maximum absolute atomic E-state index is 2.43. The van der Waals surface area contributed by atoms with Crippen LogP contribution in [0.4, 0.5) is 0 Å². The summed E-state index contributed by atoms with van der Waals surface area (Å²) < 4.78 is 0. The number of benzene rings is 6. The summed E-state index contributed by atoms with van der Waals surface area (Å²) in [4.78, 5) is 0. The molecule has 6 aromatic rings. The summed E-state index contributed by atoms with van der Waals surface area (Å²) in [5, 5.41) is 5.16. The molecular formula is C40H38. The monoisotopic (exact) mass is 518 g/mol. The lowest BCUT2D eigenvalue weighted by Crippen LogP contribution is -1.92. The molecule has 0 heteroatoms. The zero-order chi connectivity index (χ0) is 27.6. The second-order valence-electron chi connectivity index (χ2n) is 11.0. The van der Waals surface area contributed by atoms with Crippen LogP contribution in [-0.2, 0) is 25.7 Å². The van der Waals surface area contributed by atoms with Gasteiger partial charge in [0.15, 0.2) is 0 Å². The van der Waals surface area contributed by atoms with Crippen LogP contribution in [0.3, 0.4) is 0 Å². The van der Waals surface area contributed by atoms with E-state index in [1.807, 2.05) is 0 Å². The molecule has 0 spiro atoms. The molecule has 0 radical (unpaired) electrons. The fraction of sp³-hybridized carbons (Fsp3) is 0.200. The number of rotatable bonds is 7. The first-order valence-electron chi connectivity index (χ1n) is 14.9. The Bertz CT molecular complexity index is 1650. The van der Waals surface area contributed by atoms with E-state index in [1.54, 1.807) is 0 Å². The minimum absolute atomic E-state index is 1.05. The van der Waals surface area contributed by atoms with Crippen LogP contribution in [0.2, 0.25) is 0 Å². The Morgan fingerprint density at radius 2 is 0.675 bits per heavy atom. The highest BCUT2D eigenvalue weighted by Crippen LogP contribution is 2.40. The summed E-state index contributed by atoms with van der Waals surface area (Å²) >= 11 is 0. The van der Waals surface area contributed by atoms with Crippen molar-refractivity contribution >= 4 is 21.5 Å². The molecule has 0 N–H and O–H groups in total. The standard InChI is InChI=1S/C40H38/c1-5-27-17-28(6-2)20-33(19-27)35-23-31-13-9-11-15-37(31)39(25-35)40-26-36(24-32-14-10-12-16-38(32)40)34-21-29(7-3)18-30(8-4)22-34/h9-26H,5-8H2,1-4H3. The van der Waals surface area contributed by atoms with Crippen molar-refractivity contribution in [3.05, 3.63) is 131 Å². The van der Waals surface area contributed by atoms with E-state index >= 15 is 0 Å². The summed E-state index contributed by atoms with van der Waals surface area (Å²) in [5.74, 6) is 0. The van der Waals surface area contributed by atoms with Crippen molar-refractivity contribution in [3.8, 4) is 33.4 Å². The summed E-state index contributed by atoms with van der Waals surface area (Å²) in [6, 6.07) is 41.6. The molecule has 0 heterocycles. The van der Waals surface area contributed by atoms with Gasteiger partial charge in [-0.25, -0.2) is 0 Å². The van der Waals surface area contributed by atoms with Crippen molar-refractivity contribution in [1.82, 2.24) is 0 Å². The fourth-order valence-electron chi connectivity index (χ4n) is 6.08. The molecule has 0 saturated heterocycles. The highest BCUT2D eigenvalue weighted by atomic mass is 14.2. The Balaban J connectivity index is 1.65. The van der Waals surface area contributed by atoms with E-state index < -0.39 is 0 Å². The van der Waals surface area contributed by atoms with Crippen LogP contribution in [0.25, 0.3) is 54.9 Å². The Hall–Kier alpha value is -4.16. The lowest BCUT2D eigenvalue weighted by molar-refractivity contribution is 1.09. The third-order valence-electron chi connectivity index (χ3n) is 8.42. The Morgan fingerprint density at radius 3 is 1.02 bits per heavy atom. The van der Waals surface area contributed by atoms with E-state index in [0.717, 1.165) is 25.7 Å². The molecule has 0 bridgehead atoms. The number of aryl methyl sites for hydroxylation is 4. The van der Waals surface area contributed by atoms with Gasteiger partial charge >= 0.3 is 0 Å². The van der Waals surface area contributed by atoms with Crippen molar-refractivity contribution in [2.24, 2.45) is 0 Å². The number of fused-ring (bicyclic) bond motifs is 2. The van der Waals surface area contributed by atoms with Crippen LogP contribution < -0.4 is 0 Å². The normalized spacial score (nSPS) is 11.4. The molecule has 6 rings (SSSR count). The predicted octanol–water partition coefficient (Wildman–Crippen LogP) is 11.2. The molecule has 0 amide bonds. The molecule has 0 aliphatic heterocycles. The van der Waals surface area contributed by atoms with E-state index in [1.165, 1.54) is 77.2 Å². The number of hydrogen-bond acceptors (Lipinski definition) is 0. The molecule has 0 saturated carbocycles. The molecule has 0 unspecified atom stereocenters. The van der Waals surface area contributed by atoms with Gasteiger partial charge in [0.1, 0.15) is 0 Å². The molecule has 0 nitrogen and oxygen atoms in total. The van der Waals surface area contributed by atoms with Crippen molar-refractivity contribution in [2.45, 2.75) is 53.4 Å². The van der Waals surface area contributed by atoms with Gasteiger partial charge in [-0.3, -0.25) is 0 Å². The first-order valence-corrected chi connectivity index (χ1v) is 14.9. The second kappa shape index (κ2) is 11.1. The van der Waals surface area contributed by atoms with E-state index in [0.29, 0.717) is 0 Å². The quantitative estimate of drug-likeness (QED) is 0.197. The van der Waals surface area contributed by atoms with Crippen LogP contribution in [0, 0.1) is 0 Å². The summed E-state index contributed by atoms with van der Waals surface area (Å²) in [6.45, 7) is 9.00. The van der Waals surface area contributed by atoms with Crippen LogP contribution in [0.5, 0.6) is 0 Å². The molecule has 40 heavy (non-hydrogen) atoms. The number of hydrogen-bond donors (Lipinski definition) is 0. The molecule has 0 aromatic heterocycles. The highest BCUT2D eigenvalue weighted by Gasteiger charge is 2.14. The van der Waals surface area contributed by atoms with Gasteiger partial charge in [0.05, 0.1) is 0 Å². The van der Waals surface area contributed by atoms with Crippen LogP contribution >= 0.6 is 0 Å². The van der Waals surface area contributed by atoms with Gasteiger partial charge in [-0.2, -0.15) is 0 Å². The van der Waals surface area contributed by atoms with Gasteiger partial charge in [0.25, 0.3) is 0 Å². The third-order valence-corrected chi connectivity index (χ3v) is 8.42. The Kier molecular flexibility index (Phi) is 7.27. The molecule has 198 valence electrons.